The predicted octanol–water partition coefficient (Wildman–Crippen LogP) is 8.79. The molecule has 0 radical (unpaired) electrons. The Kier molecular flexibility index (Phi) is 7.96. The molecule has 0 amide bonds. The number of aromatic carboxylic acids is 1. The minimum atomic E-state index is -0.883. The number of fused-ring (bicyclic) bond motifs is 7. The smallest absolute Gasteiger partial charge is 0.337 e. The van der Waals surface area contributed by atoms with Crippen molar-refractivity contribution in [2.45, 2.75) is 125 Å². The van der Waals surface area contributed by atoms with Crippen molar-refractivity contribution in [2.24, 2.45) is 56.7 Å². The predicted molar refractivity (Wildman–Crippen MR) is 173 cm³/mol. The second-order valence-corrected chi connectivity index (χ2v) is 17.7. The molecule has 0 aliphatic heterocycles. The van der Waals surface area contributed by atoms with Crippen LogP contribution < -0.4 is 0 Å². The molecule has 240 valence electrons. The van der Waals surface area contributed by atoms with Crippen molar-refractivity contribution in [3.8, 4) is 11.8 Å². The van der Waals surface area contributed by atoms with E-state index >= 15 is 0 Å². The maximum atomic E-state index is 12.8. The number of hydrogen-bond acceptors (Lipinski definition) is 5. The van der Waals surface area contributed by atoms with Crippen LogP contribution >= 0.6 is 11.3 Å². The van der Waals surface area contributed by atoms with Gasteiger partial charge in [-0.3, -0.25) is 4.79 Å². The number of ether oxygens (including phenoxy) is 1. The standard InChI is InChI=1S/C38H52O5S/c1-24-26-11-17-37(6)31(35(26,4)16-12-29(24)43-32(40)22-34(2,3)23-39)10-9-27-28-8-7-15-38(28,20-19-36(27,37)5)18-13-30-25(33(41)42)14-21-44-30/h14,21,23-24,26-29,31H,7-12,15-17,19-20,22H2,1-6H3,(H,41,42)/t24?,26?,27?,28?,29?,31?,35?,36-,37?,38?/m1/s1. The van der Waals surface area contributed by atoms with Gasteiger partial charge in [-0.1, -0.05) is 59.8 Å². The first-order chi connectivity index (χ1) is 20.7. The van der Waals surface area contributed by atoms with Crippen molar-refractivity contribution in [1.29, 1.82) is 0 Å². The Balaban J connectivity index is 1.22. The highest BCUT2D eigenvalue weighted by Gasteiger charge is 2.69. The van der Waals surface area contributed by atoms with Gasteiger partial charge in [0.2, 0.25) is 0 Å². The third-order valence-corrected chi connectivity index (χ3v) is 15.2. The van der Waals surface area contributed by atoms with Crippen LogP contribution in [0.3, 0.4) is 0 Å². The van der Waals surface area contributed by atoms with Crippen molar-refractivity contribution < 1.29 is 24.2 Å². The molecule has 0 saturated heterocycles. The summed E-state index contributed by atoms with van der Waals surface area (Å²) in [4.78, 5) is 36.7. The zero-order valence-corrected chi connectivity index (χ0v) is 28.5. The zero-order chi connectivity index (χ0) is 31.7. The molecule has 0 bridgehead atoms. The molecule has 6 rings (SSSR count). The van der Waals surface area contributed by atoms with E-state index in [1.807, 2.05) is 5.38 Å². The van der Waals surface area contributed by atoms with Crippen LogP contribution in [0.5, 0.6) is 0 Å². The van der Waals surface area contributed by atoms with Gasteiger partial charge in [0.05, 0.1) is 16.9 Å². The molecule has 1 aromatic heterocycles. The highest BCUT2D eigenvalue weighted by molar-refractivity contribution is 7.10. The maximum Gasteiger partial charge on any atom is 0.337 e. The first kappa shape index (κ1) is 31.8. The van der Waals surface area contributed by atoms with Gasteiger partial charge in [0.1, 0.15) is 12.4 Å². The summed E-state index contributed by atoms with van der Waals surface area (Å²) in [6, 6.07) is 1.69. The number of carboxylic acids is 1. The molecular formula is C38H52O5S. The van der Waals surface area contributed by atoms with Gasteiger partial charge in [0, 0.05) is 10.8 Å². The van der Waals surface area contributed by atoms with Gasteiger partial charge in [-0.2, -0.15) is 0 Å². The van der Waals surface area contributed by atoms with E-state index in [9.17, 15) is 19.5 Å². The summed E-state index contributed by atoms with van der Waals surface area (Å²) in [5.74, 6) is 8.82. The molecule has 1 N–H and O–H groups in total. The number of carbonyl (C=O) groups is 3. The lowest BCUT2D eigenvalue weighted by Gasteiger charge is -2.71. The normalized spacial score (nSPS) is 42.9. The topological polar surface area (TPSA) is 80.7 Å². The summed E-state index contributed by atoms with van der Waals surface area (Å²) < 4.78 is 6.09. The molecule has 5 aliphatic carbocycles. The second kappa shape index (κ2) is 11.0. The fraction of sp³-hybridized carbons (Fsp3) is 0.763. The largest absolute Gasteiger partial charge is 0.478 e. The molecule has 5 nitrogen and oxygen atoms in total. The fourth-order valence-electron chi connectivity index (χ4n) is 11.9. The third kappa shape index (κ3) is 4.81. The molecule has 6 heteroatoms. The number of esters is 1. The van der Waals surface area contributed by atoms with Gasteiger partial charge >= 0.3 is 11.9 Å². The first-order valence-corrected chi connectivity index (χ1v) is 18.1. The molecule has 0 spiro atoms. The van der Waals surface area contributed by atoms with E-state index in [-0.39, 0.29) is 40.2 Å². The number of carboxylic acid groups (broad SMARTS) is 1. The Morgan fingerprint density at radius 2 is 1.77 bits per heavy atom. The summed E-state index contributed by atoms with van der Waals surface area (Å²) in [6.07, 6.45) is 13.9. The summed E-state index contributed by atoms with van der Waals surface area (Å²) in [6.45, 7) is 13.8. The fourth-order valence-corrected chi connectivity index (χ4v) is 12.7. The Morgan fingerprint density at radius 1 is 1.00 bits per heavy atom. The quantitative estimate of drug-likeness (QED) is 0.202. The minimum absolute atomic E-state index is 0.0170. The number of aldehydes is 1. The van der Waals surface area contributed by atoms with Crippen LogP contribution in [0.15, 0.2) is 11.4 Å². The van der Waals surface area contributed by atoms with Crippen molar-refractivity contribution in [3.05, 3.63) is 21.9 Å². The van der Waals surface area contributed by atoms with Crippen LogP contribution in [0.1, 0.15) is 134 Å². The lowest BCUT2D eigenvalue weighted by Crippen LogP contribution is -2.65. The Hall–Kier alpha value is -2.13. The summed E-state index contributed by atoms with van der Waals surface area (Å²) in [5.41, 5.74) is 0.454. The highest BCUT2D eigenvalue weighted by atomic mass is 32.1. The molecule has 1 aromatic rings. The average Bonchev–Trinajstić information content (AvgIpc) is 3.61. The van der Waals surface area contributed by atoms with E-state index in [1.165, 1.54) is 56.3 Å². The van der Waals surface area contributed by atoms with Crippen molar-refractivity contribution in [2.75, 3.05) is 0 Å². The zero-order valence-electron chi connectivity index (χ0n) is 27.7. The SMILES string of the molecule is CC1C(OC(=O)CC(C)(C)C=O)CCC2(C)C1CCC1(C)C2CCC2C3CCCC3(C#Cc3sccc3C(=O)O)CC[C@]21C. The van der Waals surface area contributed by atoms with Crippen molar-refractivity contribution in [3.63, 3.8) is 0 Å². The van der Waals surface area contributed by atoms with Crippen LogP contribution in [0.4, 0.5) is 0 Å². The average molecular weight is 621 g/mol. The van der Waals surface area contributed by atoms with Crippen LogP contribution in [0, 0.1) is 68.5 Å². The Bertz CT molecular complexity index is 1380. The monoisotopic (exact) mass is 620 g/mol. The van der Waals surface area contributed by atoms with Crippen molar-refractivity contribution >= 4 is 29.6 Å². The molecular weight excluding hydrogens is 568 g/mol. The maximum absolute atomic E-state index is 12.8. The second-order valence-electron chi connectivity index (χ2n) is 16.8. The lowest BCUT2D eigenvalue weighted by atomic mass is 9.33. The molecule has 9 unspecified atom stereocenters. The van der Waals surface area contributed by atoms with Gasteiger partial charge in [-0.25, -0.2) is 4.79 Å². The summed E-state index contributed by atoms with van der Waals surface area (Å²) >= 11 is 1.45. The van der Waals surface area contributed by atoms with E-state index < -0.39 is 11.4 Å². The summed E-state index contributed by atoms with van der Waals surface area (Å²) in [7, 11) is 0. The minimum Gasteiger partial charge on any atom is -0.478 e. The third-order valence-electron chi connectivity index (χ3n) is 14.4. The van der Waals surface area contributed by atoms with Crippen LogP contribution in [-0.4, -0.2) is 29.4 Å². The van der Waals surface area contributed by atoms with E-state index in [4.69, 9.17) is 4.74 Å². The van der Waals surface area contributed by atoms with Gasteiger partial charge in [-0.05, 0) is 121 Å². The number of thiophene rings is 1. The molecule has 5 saturated carbocycles. The van der Waals surface area contributed by atoms with Crippen molar-refractivity contribution in [1.82, 2.24) is 0 Å². The molecule has 10 atom stereocenters. The first-order valence-electron chi connectivity index (χ1n) is 17.2. The van der Waals surface area contributed by atoms with E-state index in [1.54, 1.807) is 19.9 Å². The lowest BCUT2D eigenvalue weighted by molar-refractivity contribution is -0.231. The van der Waals surface area contributed by atoms with Crippen LogP contribution in [-0.2, 0) is 14.3 Å². The molecule has 1 heterocycles. The molecule has 44 heavy (non-hydrogen) atoms. The van der Waals surface area contributed by atoms with E-state index in [0.717, 1.165) is 32.0 Å². The molecule has 5 aliphatic rings. The number of hydrogen-bond donors (Lipinski definition) is 1. The van der Waals surface area contributed by atoms with E-state index in [0.29, 0.717) is 40.0 Å². The van der Waals surface area contributed by atoms with Gasteiger partial charge in [0.25, 0.3) is 0 Å². The van der Waals surface area contributed by atoms with Gasteiger partial charge in [0.15, 0.2) is 0 Å². The van der Waals surface area contributed by atoms with Crippen LogP contribution in [0.25, 0.3) is 0 Å². The summed E-state index contributed by atoms with van der Waals surface area (Å²) in [5, 5.41) is 11.5. The number of carbonyl (C=O) groups excluding carboxylic acids is 2. The Morgan fingerprint density at radius 3 is 2.50 bits per heavy atom. The van der Waals surface area contributed by atoms with Gasteiger partial charge < -0.3 is 14.6 Å². The van der Waals surface area contributed by atoms with Gasteiger partial charge in [-0.15, -0.1) is 11.3 Å². The highest BCUT2D eigenvalue weighted by Crippen LogP contribution is 2.76. The molecule has 5 fully saturated rings. The van der Waals surface area contributed by atoms with E-state index in [2.05, 4.69) is 39.5 Å². The Labute approximate surface area is 268 Å². The number of rotatable bonds is 5. The molecule has 0 aromatic carbocycles. The van der Waals surface area contributed by atoms with Crippen LogP contribution in [0.2, 0.25) is 0 Å².